The zero-order valence-corrected chi connectivity index (χ0v) is 14.6. The van der Waals surface area contributed by atoms with Crippen molar-refractivity contribution in [3.63, 3.8) is 0 Å². The first kappa shape index (κ1) is 17.5. The molecule has 0 saturated carbocycles. The molecule has 3 N–H and O–H groups in total. The summed E-state index contributed by atoms with van der Waals surface area (Å²) in [5, 5.41) is 3.31. The van der Waals surface area contributed by atoms with Gasteiger partial charge in [-0.3, -0.25) is 9.89 Å². The lowest BCUT2D eigenvalue weighted by Gasteiger charge is -2.31. The van der Waals surface area contributed by atoms with E-state index < -0.39 is 0 Å². The lowest BCUT2D eigenvalue weighted by atomic mass is 9.93. The molecule has 2 aliphatic rings. The molecule has 2 rings (SSSR count). The van der Waals surface area contributed by atoms with E-state index >= 15 is 0 Å². The summed E-state index contributed by atoms with van der Waals surface area (Å²) in [5.74, 6) is 1.49. The van der Waals surface area contributed by atoms with Crippen LogP contribution in [0.1, 0.15) is 46.0 Å². The van der Waals surface area contributed by atoms with Crippen LogP contribution < -0.4 is 11.1 Å². The van der Waals surface area contributed by atoms with Crippen LogP contribution in [-0.2, 0) is 0 Å². The second kappa shape index (κ2) is 9.36. The highest BCUT2D eigenvalue weighted by atomic mass is 15.2. The van der Waals surface area contributed by atoms with Crippen LogP contribution in [0.3, 0.4) is 0 Å². The fraction of sp³-hybridized carbons (Fsp3) is 0.941. The highest BCUT2D eigenvalue weighted by Gasteiger charge is 2.22. The molecule has 2 saturated heterocycles. The fourth-order valence-corrected chi connectivity index (χ4v) is 3.77. The van der Waals surface area contributed by atoms with Crippen LogP contribution in [0.15, 0.2) is 4.99 Å². The summed E-state index contributed by atoms with van der Waals surface area (Å²) in [4.78, 5) is 9.60. The molecule has 5 heteroatoms. The summed E-state index contributed by atoms with van der Waals surface area (Å²) in [5.41, 5.74) is 6.01. The minimum atomic E-state index is 0.601. The molecule has 22 heavy (non-hydrogen) atoms. The quantitative estimate of drug-likeness (QED) is 0.553. The Hall–Kier alpha value is -0.810. The second-order valence-electron chi connectivity index (χ2n) is 6.74. The van der Waals surface area contributed by atoms with Gasteiger partial charge in [-0.05, 0) is 70.7 Å². The number of piperidine rings is 1. The molecule has 0 bridgehead atoms. The molecule has 2 heterocycles. The average Bonchev–Trinajstić information content (AvgIpc) is 3.01. The predicted octanol–water partition coefficient (Wildman–Crippen LogP) is 1.50. The minimum absolute atomic E-state index is 0.601. The van der Waals surface area contributed by atoms with Crippen molar-refractivity contribution in [1.82, 2.24) is 15.1 Å². The summed E-state index contributed by atoms with van der Waals surface area (Å²) in [6.45, 7) is 12.4. The van der Waals surface area contributed by atoms with Crippen LogP contribution in [0.5, 0.6) is 0 Å². The van der Waals surface area contributed by atoms with Crippen LogP contribution in [-0.4, -0.2) is 67.6 Å². The summed E-state index contributed by atoms with van der Waals surface area (Å²) in [6, 6.07) is 0.601. The first-order valence-electron chi connectivity index (χ1n) is 9.23. The predicted molar refractivity (Wildman–Crippen MR) is 94.2 cm³/mol. The van der Waals surface area contributed by atoms with E-state index in [2.05, 4.69) is 34.0 Å². The molecule has 0 amide bonds. The number of nitrogens with two attached hydrogens (primary N) is 1. The van der Waals surface area contributed by atoms with Crippen LogP contribution in [0.25, 0.3) is 0 Å². The number of nitrogens with zero attached hydrogens (tertiary/aromatic N) is 3. The molecule has 0 spiro atoms. The van der Waals surface area contributed by atoms with Gasteiger partial charge in [0.15, 0.2) is 5.96 Å². The number of rotatable bonds is 7. The smallest absolute Gasteiger partial charge is 0.188 e. The second-order valence-corrected chi connectivity index (χ2v) is 6.74. The molecular formula is C17H35N5. The van der Waals surface area contributed by atoms with E-state index in [0.29, 0.717) is 12.0 Å². The maximum absolute atomic E-state index is 6.01. The minimum Gasteiger partial charge on any atom is -0.370 e. The van der Waals surface area contributed by atoms with E-state index in [1.54, 1.807) is 0 Å². The number of likely N-dealkylation sites (N-methyl/N-ethyl adjacent to an activating group) is 1. The van der Waals surface area contributed by atoms with Crippen LogP contribution in [0, 0.1) is 5.92 Å². The number of hydrogen-bond donors (Lipinski definition) is 2. The van der Waals surface area contributed by atoms with Gasteiger partial charge in [0.2, 0.25) is 0 Å². The van der Waals surface area contributed by atoms with E-state index in [0.717, 1.165) is 25.6 Å². The molecule has 0 aromatic heterocycles. The van der Waals surface area contributed by atoms with Crippen molar-refractivity contribution in [2.24, 2.45) is 16.6 Å². The van der Waals surface area contributed by atoms with Crippen LogP contribution >= 0.6 is 0 Å². The van der Waals surface area contributed by atoms with Crippen LogP contribution in [0.2, 0.25) is 0 Å². The van der Waals surface area contributed by atoms with Gasteiger partial charge in [0, 0.05) is 12.6 Å². The van der Waals surface area contributed by atoms with Crippen molar-refractivity contribution in [2.45, 2.75) is 52.0 Å². The number of guanidine groups is 1. The van der Waals surface area contributed by atoms with Crippen LogP contribution in [0.4, 0.5) is 0 Å². The Bertz CT molecular complexity index is 336. The molecular weight excluding hydrogens is 274 g/mol. The molecule has 5 nitrogen and oxygen atoms in total. The third-order valence-corrected chi connectivity index (χ3v) is 5.39. The van der Waals surface area contributed by atoms with Crippen molar-refractivity contribution in [1.29, 1.82) is 0 Å². The van der Waals surface area contributed by atoms with E-state index in [-0.39, 0.29) is 0 Å². The van der Waals surface area contributed by atoms with Crippen molar-refractivity contribution in [2.75, 3.05) is 45.8 Å². The Morgan fingerprint density at radius 2 is 1.91 bits per heavy atom. The number of aliphatic imine (C=N–C) groups is 1. The van der Waals surface area contributed by atoms with Gasteiger partial charge in [-0.2, -0.15) is 0 Å². The molecule has 2 fully saturated rings. The summed E-state index contributed by atoms with van der Waals surface area (Å²) in [7, 11) is 0. The van der Waals surface area contributed by atoms with E-state index in [1.165, 1.54) is 58.3 Å². The van der Waals surface area contributed by atoms with Gasteiger partial charge in [0.1, 0.15) is 0 Å². The van der Waals surface area contributed by atoms with Gasteiger partial charge in [-0.1, -0.05) is 13.8 Å². The molecule has 0 aliphatic carbocycles. The first-order chi connectivity index (χ1) is 10.7. The van der Waals surface area contributed by atoms with Gasteiger partial charge in [0.25, 0.3) is 0 Å². The van der Waals surface area contributed by atoms with Gasteiger partial charge in [-0.25, -0.2) is 0 Å². The molecule has 0 radical (unpaired) electrons. The molecule has 0 aromatic carbocycles. The van der Waals surface area contributed by atoms with Gasteiger partial charge in [-0.15, -0.1) is 0 Å². The Labute approximate surface area is 136 Å². The lowest BCUT2D eigenvalue weighted by Crippen LogP contribution is -2.38. The summed E-state index contributed by atoms with van der Waals surface area (Å²) < 4.78 is 0. The molecule has 2 aliphatic heterocycles. The Morgan fingerprint density at radius 1 is 1.14 bits per heavy atom. The van der Waals surface area contributed by atoms with E-state index in [9.17, 15) is 0 Å². The van der Waals surface area contributed by atoms with E-state index in [4.69, 9.17) is 5.73 Å². The topological polar surface area (TPSA) is 56.9 Å². The third-order valence-electron chi connectivity index (χ3n) is 5.39. The standard InChI is InChI=1S/C17H35N5/c1-3-21-12-8-15(9-13-21)7-10-19-17(18)20-14-16-6-5-11-22(16)4-2/h15-16H,3-14H2,1-2H3,(H3,18,19,20). The zero-order valence-electron chi connectivity index (χ0n) is 14.6. The monoisotopic (exact) mass is 309 g/mol. The maximum Gasteiger partial charge on any atom is 0.188 e. The summed E-state index contributed by atoms with van der Waals surface area (Å²) in [6.07, 6.45) is 6.46. The SMILES string of the molecule is CCN1CCC(CCNC(N)=NCC2CCCN2CC)CC1. The van der Waals surface area contributed by atoms with Gasteiger partial charge >= 0.3 is 0 Å². The van der Waals surface area contributed by atoms with Gasteiger partial charge < -0.3 is 16.0 Å². The Kier molecular flexibility index (Phi) is 7.46. The Balaban J connectivity index is 1.59. The highest BCUT2D eigenvalue weighted by Crippen LogP contribution is 2.19. The number of hydrogen-bond acceptors (Lipinski definition) is 3. The van der Waals surface area contributed by atoms with Crippen molar-refractivity contribution in [3.8, 4) is 0 Å². The van der Waals surface area contributed by atoms with Gasteiger partial charge in [0.05, 0.1) is 6.54 Å². The molecule has 1 unspecified atom stereocenters. The van der Waals surface area contributed by atoms with E-state index in [1.807, 2.05) is 0 Å². The highest BCUT2D eigenvalue weighted by molar-refractivity contribution is 5.77. The zero-order chi connectivity index (χ0) is 15.8. The first-order valence-corrected chi connectivity index (χ1v) is 9.23. The Morgan fingerprint density at radius 3 is 2.59 bits per heavy atom. The number of likely N-dealkylation sites (tertiary alicyclic amines) is 2. The summed E-state index contributed by atoms with van der Waals surface area (Å²) >= 11 is 0. The fourth-order valence-electron chi connectivity index (χ4n) is 3.77. The number of nitrogens with one attached hydrogen (secondary N) is 1. The normalized spacial score (nSPS) is 25.7. The maximum atomic E-state index is 6.01. The lowest BCUT2D eigenvalue weighted by molar-refractivity contribution is 0.187. The largest absolute Gasteiger partial charge is 0.370 e. The van der Waals surface area contributed by atoms with Crippen molar-refractivity contribution in [3.05, 3.63) is 0 Å². The van der Waals surface area contributed by atoms with Crippen molar-refractivity contribution >= 4 is 5.96 Å². The van der Waals surface area contributed by atoms with Crippen molar-refractivity contribution < 1.29 is 0 Å². The molecule has 128 valence electrons. The third kappa shape index (κ3) is 5.43. The average molecular weight is 310 g/mol. The molecule has 0 aromatic rings. The molecule has 1 atom stereocenters.